The molecule has 0 spiro atoms. The maximum atomic E-state index is 9.12. The number of aliphatic hydroxyl groups excluding tert-OH is 1. The van der Waals surface area contributed by atoms with Crippen LogP contribution in [0.2, 0.25) is 5.02 Å². The first kappa shape index (κ1) is 16.0. The Morgan fingerprint density at radius 1 is 1.33 bits per heavy atom. The van der Waals surface area contributed by atoms with Crippen molar-refractivity contribution in [3.05, 3.63) is 40.9 Å². The van der Waals surface area contributed by atoms with Gasteiger partial charge in [0.2, 0.25) is 5.89 Å². The minimum Gasteiger partial charge on any atom is -0.439 e. The summed E-state index contributed by atoms with van der Waals surface area (Å²) in [5.74, 6) is 1.45. The zero-order valence-corrected chi connectivity index (χ0v) is 13.4. The minimum absolute atomic E-state index is 0.0295. The van der Waals surface area contributed by atoms with E-state index in [4.69, 9.17) is 21.1 Å². The number of hydrogen-bond acceptors (Lipinski definition) is 4. The Bertz CT molecular complexity index is 580. The van der Waals surface area contributed by atoms with Gasteiger partial charge in [-0.3, -0.25) is 4.90 Å². The van der Waals surface area contributed by atoms with E-state index in [0.29, 0.717) is 17.5 Å². The number of oxazole rings is 1. The van der Waals surface area contributed by atoms with E-state index in [-0.39, 0.29) is 12.6 Å². The third kappa shape index (κ3) is 3.64. The fraction of sp³-hybridized carbons (Fsp3) is 0.438. The summed E-state index contributed by atoms with van der Waals surface area (Å²) >= 11 is 5.91. The van der Waals surface area contributed by atoms with Crippen LogP contribution in [0.3, 0.4) is 0 Å². The Balaban J connectivity index is 2.28. The van der Waals surface area contributed by atoms with Crippen molar-refractivity contribution in [2.45, 2.75) is 26.8 Å². The number of nitrogens with zero attached hydrogens (tertiary/aromatic N) is 2. The van der Waals surface area contributed by atoms with E-state index in [1.165, 1.54) is 0 Å². The van der Waals surface area contributed by atoms with Crippen molar-refractivity contribution < 1.29 is 9.52 Å². The molecule has 1 aromatic carbocycles. The molecule has 0 amide bonds. The number of benzene rings is 1. The second-order valence-corrected chi connectivity index (χ2v) is 5.44. The molecular formula is C16H21ClN2O2. The first-order valence-electron chi connectivity index (χ1n) is 7.15. The third-order valence-electron chi connectivity index (χ3n) is 3.62. The van der Waals surface area contributed by atoms with E-state index in [2.05, 4.69) is 16.8 Å². The SMILES string of the molecule is CCN(CCO)C(C)c1nc(C)c(-c2ccc(Cl)cc2)o1. The summed E-state index contributed by atoms with van der Waals surface area (Å²) in [6, 6.07) is 7.56. The maximum absolute atomic E-state index is 9.12. The quantitative estimate of drug-likeness (QED) is 0.884. The summed E-state index contributed by atoms with van der Waals surface area (Å²) in [5, 5.41) is 9.82. The summed E-state index contributed by atoms with van der Waals surface area (Å²) in [6.07, 6.45) is 0. The second-order valence-electron chi connectivity index (χ2n) is 5.00. The normalized spacial score (nSPS) is 12.9. The van der Waals surface area contributed by atoms with E-state index in [0.717, 1.165) is 23.6 Å². The molecule has 114 valence electrons. The van der Waals surface area contributed by atoms with E-state index < -0.39 is 0 Å². The molecule has 0 aliphatic heterocycles. The van der Waals surface area contributed by atoms with Crippen molar-refractivity contribution in [3.8, 4) is 11.3 Å². The van der Waals surface area contributed by atoms with Gasteiger partial charge in [0.25, 0.3) is 0 Å². The number of aromatic nitrogens is 1. The number of likely N-dealkylation sites (N-methyl/N-ethyl adjacent to an activating group) is 1. The molecule has 1 N–H and O–H groups in total. The van der Waals surface area contributed by atoms with E-state index >= 15 is 0 Å². The Hall–Kier alpha value is -1.36. The van der Waals surface area contributed by atoms with Gasteiger partial charge in [-0.05, 0) is 44.7 Å². The predicted octanol–water partition coefficient (Wildman–Crippen LogP) is 3.68. The molecule has 1 aromatic heterocycles. The number of hydrogen-bond donors (Lipinski definition) is 1. The number of aryl methyl sites for hydroxylation is 1. The molecule has 1 heterocycles. The highest BCUT2D eigenvalue weighted by Crippen LogP contribution is 2.29. The number of aliphatic hydroxyl groups is 1. The van der Waals surface area contributed by atoms with Crippen LogP contribution >= 0.6 is 11.6 Å². The van der Waals surface area contributed by atoms with E-state index in [9.17, 15) is 0 Å². The van der Waals surface area contributed by atoms with Crippen molar-refractivity contribution >= 4 is 11.6 Å². The molecule has 2 aromatic rings. The van der Waals surface area contributed by atoms with Crippen molar-refractivity contribution in [1.82, 2.24) is 9.88 Å². The Morgan fingerprint density at radius 3 is 2.57 bits per heavy atom. The lowest BCUT2D eigenvalue weighted by Crippen LogP contribution is -2.29. The minimum atomic E-state index is 0.0295. The van der Waals surface area contributed by atoms with Gasteiger partial charge in [0.05, 0.1) is 18.3 Å². The van der Waals surface area contributed by atoms with Crippen LogP contribution in [0.5, 0.6) is 0 Å². The molecule has 0 saturated heterocycles. The van der Waals surface area contributed by atoms with Crippen LogP contribution in [0.25, 0.3) is 11.3 Å². The number of halogens is 1. The van der Waals surface area contributed by atoms with Crippen LogP contribution in [-0.2, 0) is 0 Å². The Kier molecular flexibility index (Phi) is 5.39. The Labute approximate surface area is 130 Å². The summed E-state index contributed by atoms with van der Waals surface area (Å²) in [6.45, 7) is 7.60. The molecule has 0 radical (unpaired) electrons. The van der Waals surface area contributed by atoms with Gasteiger partial charge in [0.15, 0.2) is 5.76 Å². The zero-order chi connectivity index (χ0) is 15.4. The average molecular weight is 309 g/mol. The van der Waals surface area contributed by atoms with Crippen molar-refractivity contribution in [2.75, 3.05) is 19.7 Å². The van der Waals surface area contributed by atoms with Gasteiger partial charge in [-0.25, -0.2) is 4.98 Å². The summed E-state index contributed by atoms with van der Waals surface area (Å²) in [7, 11) is 0. The van der Waals surface area contributed by atoms with Gasteiger partial charge >= 0.3 is 0 Å². The van der Waals surface area contributed by atoms with Crippen LogP contribution in [0, 0.1) is 6.92 Å². The lowest BCUT2D eigenvalue weighted by atomic mass is 10.1. The predicted molar refractivity (Wildman–Crippen MR) is 84.4 cm³/mol. The third-order valence-corrected chi connectivity index (χ3v) is 3.87. The molecule has 0 fully saturated rings. The molecule has 1 unspecified atom stereocenters. The molecule has 0 saturated carbocycles. The first-order valence-corrected chi connectivity index (χ1v) is 7.52. The lowest BCUT2D eigenvalue weighted by molar-refractivity contribution is 0.149. The van der Waals surface area contributed by atoms with Crippen molar-refractivity contribution in [2.24, 2.45) is 0 Å². The maximum Gasteiger partial charge on any atom is 0.212 e. The van der Waals surface area contributed by atoms with E-state index in [1.807, 2.05) is 38.1 Å². The average Bonchev–Trinajstić information content (AvgIpc) is 2.87. The molecule has 4 nitrogen and oxygen atoms in total. The van der Waals surface area contributed by atoms with Gasteiger partial charge in [0, 0.05) is 17.1 Å². The van der Waals surface area contributed by atoms with Crippen LogP contribution in [-0.4, -0.2) is 34.7 Å². The zero-order valence-electron chi connectivity index (χ0n) is 12.6. The summed E-state index contributed by atoms with van der Waals surface area (Å²) in [5.41, 5.74) is 1.83. The topological polar surface area (TPSA) is 49.5 Å². The van der Waals surface area contributed by atoms with Crippen molar-refractivity contribution in [1.29, 1.82) is 0 Å². The molecule has 0 aliphatic rings. The monoisotopic (exact) mass is 308 g/mol. The molecule has 21 heavy (non-hydrogen) atoms. The van der Waals surface area contributed by atoms with Gasteiger partial charge in [-0.15, -0.1) is 0 Å². The highest BCUT2D eigenvalue weighted by Gasteiger charge is 2.21. The standard InChI is InChI=1S/C16H21ClN2O2/c1-4-19(9-10-20)12(3)16-18-11(2)15(21-16)13-5-7-14(17)8-6-13/h5-8,12,20H,4,9-10H2,1-3H3. The smallest absolute Gasteiger partial charge is 0.212 e. The van der Waals surface area contributed by atoms with Gasteiger partial charge in [0.1, 0.15) is 0 Å². The highest BCUT2D eigenvalue weighted by atomic mass is 35.5. The second kappa shape index (κ2) is 7.07. The first-order chi connectivity index (χ1) is 10.1. The highest BCUT2D eigenvalue weighted by molar-refractivity contribution is 6.30. The van der Waals surface area contributed by atoms with Crippen molar-refractivity contribution in [3.63, 3.8) is 0 Å². The van der Waals surface area contributed by atoms with Gasteiger partial charge in [-0.2, -0.15) is 0 Å². The molecule has 0 aliphatic carbocycles. The fourth-order valence-corrected chi connectivity index (χ4v) is 2.50. The summed E-state index contributed by atoms with van der Waals surface area (Å²) < 4.78 is 5.95. The Morgan fingerprint density at radius 2 is 2.00 bits per heavy atom. The van der Waals surface area contributed by atoms with Gasteiger partial charge < -0.3 is 9.52 Å². The molecule has 5 heteroatoms. The largest absolute Gasteiger partial charge is 0.439 e. The fourth-order valence-electron chi connectivity index (χ4n) is 2.38. The molecule has 2 rings (SSSR count). The van der Waals surface area contributed by atoms with Gasteiger partial charge in [-0.1, -0.05) is 18.5 Å². The molecule has 0 bridgehead atoms. The number of rotatable bonds is 6. The lowest BCUT2D eigenvalue weighted by Gasteiger charge is -2.24. The summed E-state index contributed by atoms with van der Waals surface area (Å²) in [4.78, 5) is 6.66. The van der Waals surface area contributed by atoms with Crippen LogP contribution in [0.1, 0.15) is 31.5 Å². The molecule has 1 atom stereocenters. The molecular weight excluding hydrogens is 288 g/mol. The van der Waals surface area contributed by atoms with Crippen LogP contribution in [0.15, 0.2) is 28.7 Å². The van der Waals surface area contributed by atoms with Crippen LogP contribution < -0.4 is 0 Å². The van der Waals surface area contributed by atoms with E-state index in [1.54, 1.807) is 0 Å². The van der Waals surface area contributed by atoms with Crippen LogP contribution in [0.4, 0.5) is 0 Å².